The Morgan fingerprint density at radius 3 is 2.29 bits per heavy atom. The van der Waals surface area contributed by atoms with Gasteiger partial charge in [-0.1, -0.05) is 0 Å². The van der Waals surface area contributed by atoms with Crippen molar-refractivity contribution in [1.82, 2.24) is 5.32 Å². The Labute approximate surface area is 44.4 Å². The lowest BCUT2D eigenvalue weighted by molar-refractivity contribution is -0.119. The minimum atomic E-state index is 0. The minimum absolute atomic E-state index is 0. The van der Waals surface area contributed by atoms with Crippen molar-refractivity contribution >= 4 is 5.78 Å². The predicted molar refractivity (Wildman–Crippen MR) is 29.2 cm³/mol. The molecule has 1 aliphatic heterocycles. The van der Waals surface area contributed by atoms with Crippen LogP contribution < -0.4 is 5.32 Å². The summed E-state index contributed by atoms with van der Waals surface area (Å²) in [4.78, 5) is 10.4. The zero-order valence-electron chi connectivity index (χ0n) is 4.24. The van der Waals surface area contributed by atoms with Gasteiger partial charge in [0.2, 0.25) is 0 Å². The Kier molecular flexibility index (Phi) is 1.42. The summed E-state index contributed by atoms with van der Waals surface area (Å²) in [6.07, 6.45) is 1.47. The standard InChI is InChI=1S/C5H9NO.H2/c7-5-1-3-6-4-2-5;/h6H,1-4H2;1H. The van der Waals surface area contributed by atoms with Crippen LogP contribution in [0.25, 0.3) is 0 Å². The number of piperidine rings is 1. The number of nitrogens with one attached hydrogen (secondary N) is 1. The molecule has 1 rings (SSSR count). The molecule has 0 amide bonds. The second-order valence-electron chi connectivity index (χ2n) is 1.79. The van der Waals surface area contributed by atoms with Crippen molar-refractivity contribution < 1.29 is 6.22 Å². The number of Topliss-reactive ketones (excluding diaryl/α,β-unsaturated/α-hetero) is 1. The average molecular weight is 101 g/mol. The van der Waals surface area contributed by atoms with Crippen LogP contribution in [0.5, 0.6) is 0 Å². The Morgan fingerprint density at radius 2 is 2.00 bits per heavy atom. The SMILES string of the molecule is O=C1CCNCC1.[HH]. The Morgan fingerprint density at radius 1 is 1.43 bits per heavy atom. The smallest absolute Gasteiger partial charge is 0.135 e. The summed E-state index contributed by atoms with van der Waals surface area (Å²) in [5, 5.41) is 3.09. The molecule has 0 aromatic rings. The minimum Gasteiger partial charge on any atom is -0.316 e. The van der Waals surface area contributed by atoms with Crippen LogP contribution >= 0.6 is 0 Å². The van der Waals surface area contributed by atoms with Gasteiger partial charge in [0.25, 0.3) is 0 Å². The van der Waals surface area contributed by atoms with E-state index in [2.05, 4.69) is 5.32 Å². The second kappa shape index (κ2) is 2.07. The summed E-state index contributed by atoms with van der Waals surface area (Å²) in [6, 6.07) is 0. The summed E-state index contributed by atoms with van der Waals surface area (Å²) in [6.45, 7) is 1.78. The molecule has 0 atom stereocenters. The third-order valence-electron chi connectivity index (χ3n) is 1.16. The highest BCUT2D eigenvalue weighted by Crippen LogP contribution is 1.91. The molecule has 0 aromatic carbocycles. The van der Waals surface area contributed by atoms with Gasteiger partial charge in [0.1, 0.15) is 5.78 Å². The monoisotopic (exact) mass is 101 g/mol. The highest BCUT2D eigenvalue weighted by molar-refractivity contribution is 5.79. The molecule has 0 spiro atoms. The molecule has 42 valence electrons. The maximum absolute atomic E-state index is 10.4. The van der Waals surface area contributed by atoms with Gasteiger partial charge in [0.15, 0.2) is 0 Å². The normalized spacial score (nSPS) is 22.6. The van der Waals surface area contributed by atoms with Crippen molar-refractivity contribution in [3.63, 3.8) is 0 Å². The zero-order chi connectivity index (χ0) is 5.11. The number of carbonyl (C=O) groups excluding carboxylic acids is 1. The van der Waals surface area contributed by atoms with Crippen LogP contribution in [0.15, 0.2) is 0 Å². The largest absolute Gasteiger partial charge is 0.316 e. The van der Waals surface area contributed by atoms with Gasteiger partial charge in [-0.2, -0.15) is 0 Å². The molecule has 0 aromatic heterocycles. The fourth-order valence-electron chi connectivity index (χ4n) is 0.706. The number of hydrogen-bond acceptors (Lipinski definition) is 2. The van der Waals surface area contributed by atoms with Crippen LogP contribution in [0.4, 0.5) is 0 Å². The summed E-state index contributed by atoms with van der Waals surface area (Å²) >= 11 is 0. The first kappa shape index (κ1) is 4.78. The van der Waals surface area contributed by atoms with Crippen LogP contribution in [0, 0.1) is 0 Å². The fraction of sp³-hybridized carbons (Fsp3) is 0.800. The fourth-order valence-corrected chi connectivity index (χ4v) is 0.706. The molecule has 0 aliphatic carbocycles. The van der Waals surface area contributed by atoms with Crippen molar-refractivity contribution in [2.75, 3.05) is 13.1 Å². The number of ketones is 1. The van der Waals surface area contributed by atoms with E-state index in [1.54, 1.807) is 0 Å². The zero-order valence-corrected chi connectivity index (χ0v) is 4.24. The van der Waals surface area contributed by atoms with Crippen molar-refractivity contribution in [2.45, 2.75) is 12.8 Å². The molecule has 0 bridgehead atoms. The molecule has 1 saturated heterocycles. The lowest BCUT2D eigenvalue weighted by atomic mass is 10.1. The third-order valence-corrected chi connectivity index (χ3v) is 1.16. The van der Waals surface area contributed by atoms with Crippen LogP contribution in [0.1, 0.15) is 14.3 Å². The molecular weight excluding hydrogens is 90.1 g/mol. The molecular formula is C5H11NO. The van der Waals surface area contributed by atoms with Gasteiger partial charge in [-0.05, 0) is 0 Å². The average Bonchev–Trinajstić information content (AvgIpc) is 1.69. The molecule has 0 radical (unpaired) electrons. The number of carbonyl (C=O) groups is 1. The van der Waals surface area contributed by atoms with Crippen LogP contribution in [0.2, 0.25) is 0 Å². The van der Waals surface area contributed by atoms with E-state index >= 15 is 0 Å². The quantitative estimate of drug-likeness (QED) is 0.471. The van der Waals surface area contributed by atoms with Gasteiger partial charge in [0.05, 0.1) is 0 Å². The van der Waals surface area contributed by atoms with E-state index < -0.39 is 0 Å². The maximum atomic E-state index is 10.4. The maximum Gasteiger partial charge on any atom is 0.135 e. The van der Waals surface area contributed by atoms with E-state index in [0.717, 1.165) is 25.9 Å². The predicted octanol–water partition coefficient (Wildman–Crippen LogP) is 0.185. The van der Waals surface area contributed by atoms with Crippen LogP contribution in [-0.2, 0) is 4.79 Å². The lowest BCUT2D eigenvalue weighted by Crippen LogP contribution is -2.27. The lowest BCUT2D eigenvalue weighted by Gasteiger charge is -2.08. The highest BCUT2D eigenvalue weighted by atomic mass is 16.1. The highest BCUT2D eigenvalue weighted by Gasteiger charge is 2.04. The third kappa shape index (κ3) is 1.27. The molecule has 1 fully saturated rings. The first-order valence-electron chi connectivity index (χ1n) is 2.62. The Bertz CT molecular complexity index is 76.5. The summed E-state index contributed by atoms with van der Waals surface area (Å²) in [5.41, 5.74) is 0. The van der Waals surface area contributed by atoms with E-state index in [0.29, 0.717) is 5.78 Å². The summed E-state index contributed by atoms with van der Waals surface area (Å²) < 4.78 is 0. The van der Waals surface area contributed by atoms with Crippen molar-refractivity contribution in [1.29, 1.82) is 0 Å². The molecule has 1 N–H and O–H groups in total. The van der Waals surface area contributed by atoms with Gasteiger partial charge < -0.3 is 5.32 Å². The molecule has 1 aliphatic rings. The second-order valence-corrected chi connectivity index (χ2v) is 1.79. The molecule has 2 heteroatoms. The van der Waals surface area contributed by atoms with Gasteiger partial charge >= 0.3 is 0 Å². The number of rotatable bonds is 0. The number of hydrogen-bond donors (Lipinski definition) is 1. The van der Waals surface area contributed by atoms with E-state index in [-0.39, 0.29) is 1.43 Å². The van der Waals surface area contributed by atoms with Crippen LogP contribution in [-0.4, -0.2) is 18.9 Å². The Hall–Kier alpha value is -0.370. The topological polar surface area (TPSA) is 29.1 Å². The van der Waals surface area contributed by atoms with Gasteiger partial charge in [-0.15, -0.1) is 0 Å². The van der Waals surface area contributed by atoms with Crippen molar-refractivity contribution in [3.05, 3.63) is 0 Å². The van der Waals surface area contributed by atoms with Crippen LogP contribution in [0.3, 0.4) is 0 Å². The first-order chi connectivity index (χ1) is 3.39. The molecule has 1 heterocycles. The van der Waals surface area contributed by atoms with E-state index in [1.165, 1.54) is 0 Å². The van der Waals surface area contributed by atoms with E-state index in [4.69, 9.17) is 0 Å². The van der Waals surface area contributed by atoms with Gasteiger partial charge in [0, 0.05) is 27.4 Å². The summed E-state index contributed by atoms with van der Waals surface area (Å²) in [7, 11) is 0. The van der Waals surface area contributed by atoms with Gasteiger partial charge in [-0.3, -0.25) is 4.79 Å². The molecule has 7 heavy (non-hydrogen) atoms. The van der Waals surface area contributed by atoms with Crippen molar-refractivity contribution in [3.8, 4) is 0 Å². The molecule has 0 unspecified atom stereocenters. The Balaban J connectivity index is 0.000000490. The van der Waals surface area contributed by atoms with E-state index in [9.17, 15) is 4.79 Å². The summed E-state index contributed by atoms with van der Waals surface area (Å²) in [5.74, 6) is 0.402. The molecule has 2 nitrogen and oxygen atoms in total. The van der Waals surface area contributed by atoms with Gasteiger partial charge in [-0.25, -0.2) is 0 Å². The van der Waals surface area contributed by atoms with Crippen molar-refractivity contribution in [2.24, 2.45) is 0 Å². The molecule has 0 saturated carbocycles. The van der Waals surface area contributed by atoms with E-state index in [1.807, 2.05) is 0 Å². The first-order valence-corrected chi connectivity index (χ1v) is 2.62.